The van der Waals surface area contributed by atoms with Crippen LogP contribution in [0.15, 0.2) is 60.0 Å². The van der Waals surface area contributed by atoms with Gasteiger partial charge in [-0.3, -0.25) is 9.59 Å². The maximum Gasteiger partial charge on any atom is 0.254 e. The Labute approximate surface area is 198 Å². The van der Waals surface area contributed by atoms with Gasteiger partial charge in [0.1, 0.15) is 12.4 Å². The number of carbonyl (C=O) groups is 2. The number of benzene rings is 2. The van der Waals surface area contributed by atoms with Crippen LogP contribution in [-0.4, -0.2) is 40.2 Å². The Morgan fingerprint density at radius 3 is 2.36 bits per heavy atom. The van der Waals surface area contributed by atoms with Gasteiger partial charge in [0.15, 0.2) is 0 Å². The van der Waals surface area contributed by atoms with E-state index in [0.29, 0.717) is 12.1 Å². The van der Waals surface area contributed by atoms with E-state index >= 15 is 0 Å². The Kier molecular flexibility index (Phi) is 6.39. The molecule has 2 heterocycles. The Morgan fingerprint density at radius 2 is 1.73 bits per heavy atom. The average Bonchev–Trinajstić information content (AvgIpc) is 3.25. The number of amides is 2. The first-order valence-corrected chi connectivity index (χ1v) is 12.0. The van der Waals surface area contributed by atoms with Crippen LogP contribution in [0.5, 0.6) is 0 Å². The van der Waals surface area contributed by atoms with Gasteiger partial charge in [-0.1, -0.05) is 29.8 Å². The van der Waals surface area contributed by atoms with Crippen molar-refractivity contribution in [3.8, 4) is 0 Å². The molecule has 4 nitrogen and oxygen atoms in total. The summed E-state index contributed by atoms with van der Waals surface area (Å²) in [4.78, 5) is 31.8. The molecule has 0 aliphatic carbocycles. The number of carbonyl (C=O) groups excluding carboxylic acids is 2. The third-order valence-corrected chi connectivity index (χ3v) is 7.12. The van der Waals surface area contributed by atoms with E-state index < -0.39 is 11.4 Å². The maximum atomic E-state index is 13.7. The topological polar surface area (TPSA) is 40.6 Å². The summed E-state index contributed by atoms with van der Waals surface area (Å²) in [5, 5.41) is 2.08. The van der Waals surface area contributed by atoms with E-state index in [4.69, 9.17) is 0 Å². The van der Waals surface area contributed by atoms with Gasteiger partial charge in [0, 0.05) is 22.5 Å². The minimum absolute atomic E-state index is 0.0401. The Bertz CT molecular complexity index is 1150. The molecule has 1 unspecified atom stereocenters. The van der Waals surface area contributed by atoms with Crippen molar-refractivity contribution in [2.45, 2.75) is 45.7 Å². The summed E-state index contributed by atoms with van der Waals surface area (Å²) in [5.74, 6) is -0.774. The van der Waals surface area contributed by atoms with Gasteiger partial charge in [0.05, 0.1) is 6.04 Å². The van der Waals surface area contributed by atoms with Crippen LogP contribution < -0.4 is 0 Å². The fraction of sp³-hybridized carbons (Fsp3) is 0.333. The number of thiophene rings is 1. The van der Waals surface area contributed by atoms with Crippen molar-refractivity contribution in [1.29, 1.82) is 0 Å². The van der Waals surface area contributed by atoms with Gasteiger partial charge in [-0.2, -0.15) is 0 Å². The Morgan fingerprint density at radius 1 is 1.06 bits per heavy atom. The summed E-state index contributed by atoms with van der Waals surface area (Å²) < 4.78 is 13.4. The summed E-state index contributed by atoms with van der Waals surface area (Å²) in [7, 11) is 0. The van der Waals surface area contributed by atoms with E-state index in [-0.39, 0.29) is 24.4 Å². The van der Waals surface area contributed by atoms with Gasteiger partial charge in [-0.05, 0) is 81.0 Å². The molecule has 1 atom stereocenters. The van der Waals surface area contributed by atoms with E-state index in [0.717, 1.165) is 17.5 Å². The monoisotopic (exact) mass is 464 g/mol. The molecule has 0 bridgehead atoms. The van der Waals surface area contributed by atoms with Crippen molar-refractivity contribution >= 4 is 23.2 Å². The number of fused-ring (bicyclic) bond motifs is 1. The normalized spacial score (nSPS) is 15.8. The van der Waals surface area contributed by atoms with Crippen LogP contribution in [0.25, 0.3) is 0 Å². The third kappa shape index (κ3) is 4.86. The first-order chi connectivity index (χ1) is 15.6. The fourth-order valence-electron chi connectivity index (χ4n) is 4.28. The number of hydrogen-bond donors (Lipinski definition) is 0. The van der Waals surface area contributed by atoms with Crippen molar-refractivity contribution in [3.05, 3.63) is 92.9 Å². The maximum absolute atomic E-state index is 13.7. The molecule has 0 radical (unpaired) electrons. The SMILES string of the molecule is Cc1ccc(C2c3ccsc3CCN2C(=O)CN(C(=O)c2ccc(F)cc2)C(C)(C)C)cc1. The van der Waals surface area contributed by atoms with Crippen molar-refractivity contribution in [2.24, 2.45) is 0 Å². The predicted molar refractivity (Wildman–Crippen MR) is 130 cm³/mol. The van der Waals surface area contributed by atoms with Crippen LogP contribution in [0, 0.1) is 12.7 Å². The molecular formula is C27H29FN2O2S. The fourth-order valence-corrected chi connectivity index (χ4v) is 5.19. The predicted octanol–water partition coefficient (Wildman–Crippen LogP) is 5.61. The van der Waals surface area contributed by atoms with Crippen LogP contribution in [0.1, 0.15) is 58.7 Å². The first kappa shape index (κ1) is 23.2. The molecule has 172 valence electrons. The molecule has 0 spiro atoms. The van der Waals surface area contributed by atoms with Crippen LogP contribution in [0.4, 0.5) is 4.39 Å². The highest BCUT2D eigenvalue weighted by molar-refractivity contribution is 7.10. The van der Waals surface area contributed by atoms with E-state index in [9.17, 15) is 14.0 Å². The average molecular weight is 465 g/mol. The zero-order chi connectivity index (χ0) is 23.8. The zero-order valence-corrected chi connectivity index (χ0v) is 20.3. The minimum atomic E-state index is -0.580. The molecule has 6 heteroatoms. The number of nitrogens with zero attached hydrogens (tertiary/aromatic N) is 2. The molecule has 3 aromatic rings. The smallest absolute Gasteiger partial charge is 0.254 e. The van der Waals surface area contributed by atoms with Crippen LogP contribution >= 0.6 is 11.3 Å². The van der Waals surface area contributed by atoms with Gasteiger partial charge in [0.2, 0.25) is 5.91 Å². The van der Waals surface area contributed by atoms with Gasteiger partial charge in [-0.25, -0.2) is 4.39 Å². The Balaban J connectivity index is 1.65. The summed E-state index contributed by atoms with van der Waals surface area (Å²) in [6.45, 7) is 8.34. The molecule has 1 aliphatic rings. The summed E-state index contributed by atoms with van der Waals surface area (Å²) in [6, 6.07) is 15.7. The largest absolute Gasteiger partial charge is 0.330 e. The number of hydrogen-bond acceptors (Lipinski definition) is 3. The minimum Gasteiger partial charge on any atom is -0.330 e. The van der Waals surface area contributed by atoms with E-state index in [1.165, 1.54) is 34.7 Å². The quantitative estimate of drug-likeness (QED) is 0.504. The molecule has 4 rings (SSSR count). The third-order valence-electron chi connectivity index (χ3n) is 6.12. The molecule has 0 saturated heterocycles. The molecule has 33 heavy (non-hydrogen) atoms. The molecule has 0 saturated carbocycles. The second kappa shape index (κ2) is 9.10. The summed E-state index contributed by atoms with van der Waals surface area (Å²) >= 11 is 1.73. The molecular weight excluding hydrogens is 435 g/mol. The van der Waals surface area contributed by atoms with Gasteiger partial charge in [-0.15, -0.1) is 11.3 Å². The van der Waals surface area contributed by atoms with Crippen LogP contribution in [-0.2, 0) is 11.2 Å². The van der Waals surface area contributed by atoms with E-state index in [1.54, 1.807) is 16.2 Å². The molecule has 1 aliphatic heterocycles. The van der Waals surface area contributed by atoms with Crippen molar-refractivity contribution in [1.82, 2.24) is 9.80 Å². The second-order valence-electron chi connectivity index (χ2n) is 9.52. The van der Waals surface area contributed by atoms with E-state index in [2.05, 4.69) is 35.7 Å². The first-order valence-electron chi connectivity index (χ1n) is 11.1. The lowest BCUT2D eigenvalue weighted by Crippen LogP contribution is -2.52. The molecule has 2 aromatic carbocycles. The molecule has 1 aromatic heterocycles. The number of halogens is 1. The highest BCUT2D eigenvalue weighted by Crippen LogP contribution is 2.38. The summed E-state index contributed by atoms with van der Waals surface area (Å²) in [5.41, 5.74) is 3.19. The Hall–Kier alpha value is -2.99. The number of rotatable bonds is 4. The van der Waals surface area contributed by atoms with Crippen molar-refractivity contribution in [3.63, 3.8) is 0 Å². The molecule has 0 fully saturated rings. The summed E-state index contributed by atoms with van der Waals surface area (Å²) in [6.07, 6.45) is 0.808. The van der Waals surface area contributed by atoms with Gasteiger partial charge >= 0.3 is 0 Å². The highest BCUT2D eigenvalue weighted by atomic mass is 32.1. The molecule has 2 amide bonds. The standard InChI is InChI=1S/C27H29FN2O2S/c1-18-5-7-19(8-6-18)25-22-14-16-33-23(22)13-15-29(25)24(31)17-30(27(2,3)4)26(32)20-9-11-21(28)12-10-20/h5-12,14,16,25H,13,15,17H2,1-4H3. The molecule has 0 N–H and O–H groups in total. The van der Waals surface area contributed by atoms with Crippen molar-refractivity contribution < 1.29 is 14.0 Å². The lowest BCUT2D eigenvalue weighted by Gasteiger charge is -2.40. The van der Waals surface area contributed by atoms with Crippen LogP contribution in [0.2, 0.25) is 0 Å². The van der Waals surface area contributed by atoms with Crippen LogP contribution in [0.3, 0.4) is 0 Å². The van der Waals surface area contributed by atoms with Gasteiger partial charge in [0.25, 0.3) is 5.91 Å². The lowest BCUT2D eigenvalue weighted by molar-refractivity contribution is -0.135. The zero-order valence-electron chi connectivity index (χ0n) is 19.5. The van der Waals surface area contributed by atoms with E-state index in [1.807, 2.05) is 32.6 Å². The highest BCUT2D eigenvalue weighted by Gasteiger charge is 2.36. The second-order valence-corrected chi connectivity index (χ2v) is 10.5. The van der Waals surface area contributed by atoms with Crippen molar-refractivity contribution in [2.75, 3.05) is 13.1 Å². The number of aryl methyl sites for hydroxylation is 1. The lowest BCUT2D eigenvalue weighted by atomic mass is 9.92. The van der Waals surface area contributed by atoms with Gasteiger partial charge < -0.3 is 9.80 Å².